The van der Waals surface area contributed by atoms with Crippen molar-refractivity contribution in [3.8, 4) is 0 Å². The fourth-order valence-electron chi connectivity index (χ4n) is 0.814. The molecule has 0 heterocycles. The molecule has 0 aliphatic rings. The minimum Gasteiger partial charge on any atom is -0.271 e. The van der Waals surface area contributed by atoms with E-state index < -0.39 is 0 Å². The van der Waals surface area contributed by atoms with Crippen LogP contribution in [0.4, 0.5) is 0 Å². The van der Waals surface area contributed by atoms with Crippen molar-refractivity contribution in [3.05, 3.63) is 12.2 Å². The minimum atomic E-state index is 0.410. The summed E-state index contributed by atoms with van der Waals surface area (Å²) in [5, 5.41) is 0. The van der Waals surface area contributed by atoms with Gasteiger partial charge in [0.15, 0.2) is 0 Å². The predicted molar refractivity (Wildman–Crippen MR) is 45.5 cm³/mol. The highest BCUT2D eigenvalue weighted by molar-refractivity contribution is 4.95. The second-order valence-electron chi connectivity index (χ2n) is 2.58. The highest BCUT2D eigenvalue weighted by Gasteiger charge is 2.03. The third kappa shape index (κ3) is 3.64. The molecule has 3 N–H and O–H groups in total. The van der Waals surface area contributed by atoms with E-state index in [2.05, 4.69) is 25.9 Å². The van der Waals surface area contributed by atoms with E-state index in [9.17, 15) is 0 Å². The van der Waals surface area contributed by atoms with Crippen molar-refractivity contribution < 1.29 is 0 Å². The highest BCUT2D eigenvalue weighted by atomic mass is 15.2. The van der Waals surface area contributed by atoms with Gasteiger partial charge in [-0.2, -0.15) is 0 Å². The lowest BCUT2D eigenvalue weighted by Gasteiger charge is -2.13. The van der Waals surface area contributed by atoms with Crippen molar-refractivity contribution in [1.29, 1.82) is 0 Å². The van der Waals surface area contributed by atoms with Gasteiger partial charge in [-0.25, -0.2) is 0 Å². The van der Waals surface area contributed by atoms with Crippen LogP contribution < -0.4 is 11.3 Å². The van der Waals surface area contributed by atoms with Crippen molar-refractivity contribution in [3.63, 3.8) is 0 Å². The average molecular weight is 142 g/mol. The molecule has 0 aliphatic carbocycles. The Bertz CT molecular complexity index is 95.4. The Morgan fingerprint density at radius 2 is 2.20 bits per heavy atom. The van der Waals surface area contributed by atoms with Gasteiger partial charge in [-0.3, -0.25) is 11.3 Å². The Morgan fingerprint density at radius 1 is 1.60 bits per heavy atom. The smallest absolute Gasteiger partial charge is 0.0244 e. The van der Waals surface area contributed by atoms with Crippen molar-refractivity contribution in [2.24, 2.45) is 5.84 Å². The molecule has 0 radical (unpaired) electrons. The third-order valence-corrected chi connectivity index (χ3v) is 1.76. The Hall–Kier alpha value is -0.340. The first kappa shape index (κ1) is 9.66. The molecule has 0 aliphatic heterocycles. The molecular weight excluding hydrogens is 124 g/mol. The number of hydrogen-bond acceptors (Lipinski definition) is 2. The molecule has 0 bridgehead atoms. The van der Waals surface area contributed by atoms with Crippen LogP contribution in [0, 0.1) is 0 Å². The SMILES string of the molecule is C=C(CC)CC(CC)NN. The maximum Gasteiger partial charge on any atom is 0.0244 e. The van der Waals surface area contributed by atoms with Gasteiger partial charge in [-0.1, -0.05) is 26.0 Å². The molecule has 0 rings (SSSR count). The van der Waals surface area contributed by atoms with Crippen LogP contribution in [0.1, 0.15) is 33.1 Å². The Kier molecular flexibility index (Phi) is 5.26. The van der Waals surface area contributed by atoms with Gasteiger partial charge >= 0.3 is 0 Å². The van der Waals surface area contributed by atoms with E-state index in [1.165, 1.54) is 5.57 Å². The quantitative estimate of drug-likeness (QED) is 0.347. The van der Waals surface area contributed by atoms with E-state index in [1.54, 1.807) is 0 Å². The first-order valence-electron chi connectivity index (χ1n) is 3.87. The number of nitrogens with one attached hydrogen (secondary N) is 1. The molecule has 0 aromatic carbocycles. The van der Waals surface area contributed by atoms with Crippen molar-refractivity contribution in [2.45, 2.75) is 39.2 Å². The van der Waals surface area contributed by atoms with Gasteiger partial charge in [0.2, 0.25) is 0 Å². The van der Waals surface area contributed by atoms with Crippen LogP contribution in [0.3, 0.4) is 0 Å². The van der Waals surface area contributed by atoms with E-state index in [-0.39, 0.29) is 0 Å². The summed E-state index contributed by atoms with van der Waals surface area (Å²) in [6, 6.07) is 0.410. The van der Waals surface area contributed by atoms with Crippen LogP contribution in [-0.2, 0) is 0 Å². The Labute approximate surface area is 63.5 Å². The lowest BCUT2D eigenvalue weighted by molar-refractivity contribution is 0.505. The Morgan fingerprint density at radius 3 is 2.50 bits per heavy atom. The van der Waals surface area contributed by atoms with Gasteiger partial charge in [-0.05, 0) is 19.3 Å². The fourth-order valence-corrected chi connectivity index (χ4v) is 0.814. The lowest BCUT2D eigenvalue weighted by Crippen LogP contribution is -2.34. The third-order valence-electron chi connectivity index (χ3n) is 1.76. The second-order valence-corrected chi connectivity index (χ2v) is 2.58. The standard InChI is InChI=1S/C8H18N2/c1-4-7(3)6-8(5-2)10-9/h8,10H,3-6,9H2,1-2H3. The van der Waals surface area contributed by atoms with Crippen LogP contribution in [0.15, 0.2) is 12.2 Å². The molecule has 0 saturated carbocycles. The number of rotatable bonds is 5. The van der Waals surface area contributed by atoms with Gasteiger partial charge in [0, 0.05) is 6.04 Å². The maximum absolute atomic E-state index is 5.30. The molecule has 1 unspecified atom stereocenters. The first-order chi connectivity index (χ1) is 4.74. The van der Waals surface area contributed by atoms with E-state index >= 15 is 0 Å². The number of nitrogens with two attached hydrogens (primary N) is 1. The van der Waals surface area contributed by atoms with Crippen LogP contribution in [-0.4, -0.2) is 6.04 Å². The fraction of sp³-hybridized carbons (Fsp3) is 0.750. The van der Waals surface area contributed by atoms with Crippen molar-refractivity contribution in [1.82, 2.24) is 5.43 Å². The summed E-state index contributed by atoms with van der Waals surface area (Å²) < 4.78 is 0. The molecular formula is C8H18N2. The van der Waals surface area contributed by atoms with Gasteiger partial charge < -0.3 is 0 Å². The zero-order chi connectivity index (χ0) is 7.98. The summed E-state index contributed by atoms with van der Waals surface area (Å²) in [6.45, 7) is 8.15. The molecule has 2 heteroatoms. The molecule has 0 aromatic rings. The van der Waals surface area contributed by atoms with Crippen LogP contribution in [0.2, 0.25) is 0 Å². The summed E-state index contributed by atoms with van der Waals surface area (Å²) in [5.41, 5.74) is 4.02. The van der Waals surface area contributed by atoms with Crippen LogP contribution in [0.5, 0.6) is 0 Å². The normalized spacial score (nSPS) is 13.1. The van der Waals surface area contributed by atoms with Gasteiger partial charge in [0.25, 0.3) is 0 Å². The van der Waals surface area contributed by atoms with E-state index in [4.69, 9.17) is 5.84 Å². The summed E-state index contributed by atoms with van der Waals surface area (Å²) in [5.74, 6) is 5.30. The summed E-state index contributed by atoms with van der Waals surface area (Å²) in [7, 11) is 0. The predicted octanol–water partition coefficient (Wildman–Crippen LogP) is 1.58. The van der Waals surface area contributed by atoms with Crippen LogP contribution in [0.25, 0.3) is 0 Å². The first-order valence-corrected chi connectivity index (χ1v) is 3.87. The number of hydrazine groups is 1. The van der Waals surface area contributed by atoms with Gasteiger partial charge in [0.05, 0.1) is 0 Å². The molecule has 60 valence electrons. The zero-order valence-corrected chi connectivity index (χ0v) is 6.98. The van der Waals surface area contributed by atoms with Crippen molar-refractivity contribution in [2.75, 3.05) is 0 Å². The molecule has 0 spiro atoms. The van der Waals surface area contributed by atoms with Gasteiger partial charge in [-0.15, -0.1) is 0 Å². The van der Waals surface area contributed by atoms with Crippen molar-refractivity contribution >= 4 is 0 Å². The molecule has 0 fully saturated rings. The van der Waals surface area contributed by atoms with E-state index in [0.717, 1.165) is 19.3 Å². The minimum absolute atomic E-state index is 0.410. The van der Waals surface area contributed by atoms with E-state index in [1.807, 2.05) is 0 Å². The monoisotopic (exact) mass is 142 g/mol. The van der Waals surface area contributed by atoms with Crippen LogP contribution >= 0.6 is 0 Å². The molecule has 1 atom stereocenters. The summed E-state index contributed by atoms with van der Waals surface area (Å²) >= 11 is 0. The maximum atomic E-state index is 5.30. The average Bonchev–Trinajstić information content (AvgIpc) is 1.99. The highest BCUT2D eigenvalue weighted by Crippen LogP contribution is 2.07. The largest absolute Gasteiger partial charge is 0.271 e. The van der Waals surface area contributed by atoms with Gasteiger partial charge in [0.1, 0.15) is 0 Å². The molecule has 2 nitrogen and oxygen atoms in total. The Balaban J connectivity index is 3.52. The topological polar surface area (TPSA) is 38.0 Å². The summed E-state index contributed by atoms with van der Waals surface area (Å²) in [4.78, 5) is 0. The van der Waals surface area contributed by atoms with E-state index in [0.29, 0.717) is 6.04 Å². The molecule has 0 amide bonds. The lowest BCUT2D eigenvalue weighted by atomic mass is 10.0. The summed E-state index contributed by atoms with van der Waals surface area (Å²) in [6.07, 6.45) is 3.12. The zero-order valence-electron chi connectivity index (χ0n) is 6.98. The molecule has 0 saturated heterocycles. The molecule has 0 aromatic heterocycles. The number of hydrogen-bond donors (Lipinski definition) is 2. The molecule has 10 heavy (non-hydrogen) atoms. The second kappa shape index (κ2) is 5.45.